The number of hydrogen-bond donors (Lipinski definition) is 2. The van der Waals surface area contributed by atoms with Gasteiger partial charge in [-0.05, 0) is 47.7 Å². The number of hydrogen-bond acceptors (Lipinski definition) is 7. The fourth-order valence-electron chi connectivity index (χ4n) is 4.83. The summed E-state index contributed by atoms with van der Waals surface area (Å²) < 4.78 is 7.80. The Balaban J connectivity index is 1.36. The van der Waals surface area contributed by atoms with E-state index >= 15 is 0 Å². The van der Waals surface area contributed by atoms with Crippen molar-refractivity contribution in [3.05, 3.63) is 70.8 Å². The number of rotatable bonds is 10. The molecule has 1 unspecified atom stereocenters. The van der Waals surface area contributed by atoms with Crippen LogP contribution in [0.1, 0.15) is 56.1 Å². The van der Waals surface area contributed by atoms with E-state index < -0.39 is 0 Å². The number of tetrazole rings is 1. The molecule has 2 aromatic heterocycles. The molecule has 0 aliphatic carbocycles. The highest BCUT2D eigenvalue weighted by Gasteiger charge is 2.24. The van der Waals surface area contributed by atoms with Crippen molar-refractivity contribution in [2.24, 2.45) is 0 Å². The highest BCUT2D eigenvalue weighted by Crippen LogP contribution is 2.30. The number of ether oxygens (including phenoxy) is 1. The third-order valence-corrected chi connectivity index (χ3v) is 7.22. The molecule has 1 aliphatic rings. The number of H-pyrrole nitrogens is 1. The maximum atomic E-state index is 12.6. The van der Waals surface area contributed by atoms with Crippen LogP contribution in [0.3, 0.4) is 0 Å². The molecule has 0 amide bonds. The van der Waals surface area contributed by atoms with Gasteiger partial charge in [-0.25, -0.2) is 4.98 Å². The summed E-state index contributed by atoms with van der Waals surface area (Å²) in [6.07, 6.45) is 5.79. The largest absolute Gasteiger partial charge is 0.458 e. The first-order chi connectivity index (χ1) is 18.6. The zero-order valence-corrected chi connectivity index (χ0v) is 22.2. The van der Waals surface area contributed by atoms with Crippen molar-refractivity contribution in [1.29, 1.82) is 0 Å². The van der Waals surface area contributed by atoms with E-state index in [0.29, 0.717) is 17.5 Å². The lowest BCUT2D eigenvalue weighted by Gasteiger charge is -2.22. The molecule has 38 heavy (non-hydrogen) atoms. The van der Waals surface area contributed by atoms with Crippen LogP contribution in [0.2, 0.25) is 5.15 Å². The average molecular weight is 534 g/mol. The smallest absolute Gasteiger partial charge is 0.323 e. The quantitative estimate of drug-likeness (QED) is 0.277. The number of piperidine rings is 1. The van der Waals surface area contributed by atoms with E-state index in [1.54, 1.807) is 0 Å². The third kappa shape index (κ3) is 5.95. The number of halogens is 1. The lowest BCUT2D eigenvalue weighted by molar-refractivity contribution is -0.148. The molecule has 0 saturated carbocycles. The number of carbonyl (C=O) groups excluding carboxylic acids is 1. The van der Waals surface area contributed by atoms with Crippen molar-refractivity contribution in [2.75, 3.05) is 6.54 Å². The van der Waals surface area contributed by atoms with Gasteiger partial charge in [0.25, 0.3) is 0 Å². The van der Waals surface area contributed by atoms with Gasteiger partial charge in [0.15, 0.2) is 5.15 Å². The number of aryl methyl sites for hydroxylation is 1. The van der Waals surface area contributed by atoms with Crippen LogP contribution in [-0.4, -0.2) is 48.7 Å². The molecule has 9 nitrogen and oxygen atoms in total. The van der Waals surface area contributed by atoms with Gasteiger partial charge in [-0.1, -0.05) is 79.9 Å². The first-order valence-corrected chi connectivity index (χ1v) is 13.6. The summed E-state index contributed by atoms with van der Waals surface area (Å²) in [6.45, 7) is 3.68. The van der Waals surface area contributed by atoms with Gasteiger partial charge in [-0.3, -0.25) is 4.79 Å². The molecule has 0 radical (unpaired) electrons. The zero-order chi connectivity index (χ0) is 26.3. The molecular formula is C28H32ClN7O2. The first-order valence-electron chi connectivity index (χ1n) is 13.2. The molecule has 0 spiro atoms. The summed E-state index contributed by atoms with van der Waals surface area (Å²) in [5, 5.41) is 18.1. The Morgan fingerprint density at radius 1 is 1.13 bits per heavy atom. The molecule has 1 aliphatic heterocycles. The number of nitrogens with zero attached hydrogens (tertiary/aromatic N) is 5. The Kier molecular flexibility index (Phi) is 8.45. The van der Waals surface area contributed by atoms with Gasteiger partial charge in [-0.2, -0.15) is 5.21 Å². The van der Waals surface area contributed by atoms with Crippen LogP contribution in [0.5, 0.6) is 0 Å². The lowest BCUT2D eigenvalue weighted by Crippen LogP contribution is -2.41. The summed E-state index contributed by atoms with van der Waals surface area (Å²) in [7, 11) is 0. The topological polar surface area (TPSA) is 111 Å². The predicted molar refractivity (Wildman–Crippen MR) is 145 cm³/mol. The molecule has 0 bridgehead atoms. The van der Waals surface area contributed by atoms with Crippen LogP contribution in [0.4, 0.5) is 0 Å². The number of benzene rings is 2. The molecule has 198 valence electrons. The van der Waals surface area contributed by atoms with Gasteiger partial charge in [0.1, 0.15) is 18.5 Å². The fraction of sp³-hybridized carbons (Fsp3) is 0.393. The molecular weight excluding hydrogens is 502 g/mol. The number of nitrogens with one attached hydrogen (secondary N) is 2. The monoisotopic (exact) mass is 533 g/mol. The molecule has 10 heteroatoms. The number of esters is 1. The SMILES string of the molecule is CCCCc1nc(Cl)c(COC(=O)C2CCCCN2)n1Cc1ccc(-c2ccccc2-c2nn[nH]n2)cc1. The Bertz CT molecular complexity index is 1350. The molecule has 2 aromatic carbocycles. The third-order valence-electron chi connectivity index (χ3n) is 6.92. The van der Waals surface area contributed by atoms with Crippen LogP contribution in [0.15, 0.2) is 48.5 Å². The summed E-state index contributed by atoms with van der Waals surface area (Å²) in [4.78, 5) is 17.3. The van der Waals surface area contributed by atoms with E-state index in [4.69, 9.17) is 16.3 Å². The Morgan fingerprint density at radius 2 is 1.95 bits per heavy atom. The first kappa shape index (κ1) is 26.1. The minimum absolute atomic E-state index is 0.102. The maximum Gasteiger partial charge on any atom is 0.323 e. The standard InChI is InChI=1S/C28H32ClN7O2/c1-2-3-11-25-31-26(29)24(18-38-28(37)23-10-6-7-16-30-23)36(25)17-19-12-14-20(15-13-19)21-8-4-5-9-22(21)27-32-34-35-33-27/h4-5,8-9,12-15,23,30H,2-3,6-7,10-11,16-18H2,1H3,(H,32,33,34,35). The molecule has 3 heterocycles. The van der Waals surface area contributed by atoms with Crippen molar-refractivity contribution in [1.82, 2.24) is 35.5 Å². The highest BCUT2D eigenvalue weighted by molar-refractivity contribution is 6.30. The Hall–Kier alpha value is -3.56. The van der Waals surface area contributed by atoms with Crippen molar-refractivity contribution < 1.29 is 9.53 Å². The fourth-order valence-corrected chi connectivity index (χ4v) is 5.08. The number of carbonyl (C=O) groups is 1. The molecule has 1 atom stereocenters. The Morgan fingerprint density at radius 3 is 2.66 bits per heavy atom. The number of aromatic nitrogens is 6. The highest BCUT2D eigenvalue weighted by atomic mass is 35.5. The van der Waals surface area contributed by atoms with E-state index in [1.165, 1.54) is 0 Å². The van der Waals surface area contributed by atoms with Gasteiger partial charge in [0.05, 0.1) is 5.69 Å². The second-order valence-electron chi connectivity index (χ2n) is 9.54. The van der Waals surface area contributed by atoms with Crippen molar-refractivity contribution in [3.8, 4) is 22.5 Å². The van der Waals surface area contributed by atoms with E-state index in [9.17, 15) is 4.79 Å². The van der Waals surface area contributed by atoms with Gasteiger partial charge in [0.2, 0.25) is 5.82 Å². The minimum Gasteiger partial charge on any atom is -0.458 e. The van der Waals surface area contributed by atoms with Crippen LogP contribution < -0.4 is 5.32 Å². The summed E-state index contributed by atoms with van der Waals surface area (Å²) in [5.41, 5.74) is 4.82. The average Bonchev–Trinajstić information content (AvgIpc) is 3.60. The van der Waals surface area contributed by atoms with Crippen LogP contribution in [-0.2, 0) is 29.1 Å². The van der Waals surface area contributed by atoms with Crippen LogP contribution >= 0.6 is 11.6 Å². The summed E-state index contributed by atoms with van der Waals surface area (Å²) in [6, 6.07) is 16.1. The number of aromatic amines is 1. The van der Waals surface area contributed by atoms with E-state index in [0.717, 1.165) is 78.8 Å². The summed E-state index contributed by atoms with van der Waals surface area (Å²) >= 11 is 6.58. The molecule has 4 aromatic rings. The van der Waals surface area contributed by atoms with E-state index in [1.807, 2.05) is 24.3 Å². The Labute approximate surface area is 227 Å². The second kappa shape index (κ2) is 12.3. The molecule has 2 N–H and O–H groups in total. The zero-order valence-electron chi connectivity index (χ0n) is 21.5. The van der Waals surface area contributed by atoms with Crippen molar-refractivity contribution in [3.63, 3.8) is 0 Å². The van der Waals surface area contributed by atoms with Crippen molar-refractivity contribution >= 4 is 17.6 Å². The van der Waals surface area contributed by atoms with Gasteiger partial charge in [0, 0.05) is 18.5 Å². The normalized spacial score (nSPS) is 15.5. The number of imidazole rings is 1. The van der Waals surface area contributed by atoms with E-state index in [2.05, 4.69) is 66.7 Å². The lowest BCUT2D eigenvalue weighted by atomic mass is 9.98. The van der Waals surface area contributed by atoms with Crippen LogP contribution in [0.25, 0.3) is 22.5 Å². The minimum atomic E-state index is -0.249. The van der Waals surface area contributed by atoms with Gasteiger partial charge >= 0.3 is 5.97 Å². The predicted octanol–water partition coefficient (Wildman–Crippen LogP) is 4.96. The molecule has 1 saturated heterocycles. The molecule has 5 rings (SSSR count). The number of unbranched alkanes of at least 4 members (excludes halogenated alkanes) is 1. The molecule has 1 fully saturated rings. The summed E-state index contributed by atoms with van der Waals surface area (Å²) in [5.74, 6) is 1.24. The van der Waals surface area contributed by atoms with Gasteiger partial charge in [-0.15, -0.1) is 10.2 Å². The van der Waals surface area contributed by atoms with E-state index in [-0.39, 0.29) is 18.6 Å². The maximum absolute atomic E-state index is 12.6. The van der Waals surface area contributed by atoms with Crippen molar-refractivity contribution in [2.45, 2.75) is 64.6 Å². The van der Waals surface area contributed by atoms with Crippen LogP contribution in [0, 0.1) is 0 Å². The second-order valence-corrected chi connectivity index (χ2v) is 9.90. The van der Waals surface area contributed by atoms with Gasteiger partial charge < -0.3 is 14.6 Å².